The molecule has 8 amide bonds. The predicted molar refractivity (Wildman–Crippen MR) is 343 cm³/mol. The van der Waals surface area contributed by atoms with Gasteiger partial charge in [0.05, 0.1) is 5.69 Å². The molecule has 7 aromatic rings. The van der Waals surface area contributed by atoms with Gasteiger partial charge in [-0.15, -0.1) is 4.99 Å². The number of nitrogens with one attached hydrogen (secondary N) is 6. The second-order valence-electron chi connectivity index (χ2n) is 21.7. The molecule has 7 aromatic carbocycles. The number of aliphatic imine (C=N–C) groups is 1. The highest BCUT2D eigenvalue weighted by Gasteiger charge is 2.42. The fraction of sp³-hybridized carbons (Fsp3) is 0.271. The van der Waals surface area contributed by atoms with Gasteiger partial charge in [-0.1, -0.05) is 182 Å². The molecular weight excluding hydrogens is 1170 g/mol. The Labute approximate surface area is 533 Å². The largest absolute Gasteiger partial charge is 0.489 e. The highest BCUT2D eigenvalue weighted by molar-refractivity contribution is 6.08. The number of hydrogen-bond donors (Lipinski definition) is 7. The van der Waals surface area contributed by atoms with E-state index in [1.807, 2.05) is 91.9 Å². The molecule has 0 aromatic heterocycles. The first-order valence-electron chi connectivity index (χ1n) is 30.2. The molecule has 478 valence electrons. The molecule has 1 heterocycles. The number of alkyl carbamates (subject to hydrolysis) is 3. The van der Waals surface area contributed by atoms with Crippen molar-refractivity contribution in [3.63, 3.8) is 0 Å². The van der Waals surface area contributed by atoms with Crippen molar-refractivity contribution in [2.45, 2.75) is 109 Å². The lowest BCUT2D eigenvalue weighted by Gasteiger charge is -2.40. The second-order valence-corrected chi connectivity index (χ2v) is 21.7. The highest BCUT2D eigenvalue weighted by atomic mass is 16.6. The fourth-order valence-corrected chi connectivity index (χ4v) is 10.00. The highest BCUT2D eigenvalue weighted by Crippen LogP contribution is 2.37. The van der Waals surface area contributed by atoms with E-state index in [1.54, 1.807) is 109 Å². The monoisotopic (exact) mass is 1250 g/mol. The van der Waals surface area contributed by atoms with Gasteiger partial charge in [-0.2, -0.15) is 0 Å². The van der Waals surface area contributed by atoms with Crippen LogP contribution in [0.1, 0.15) is 76.6 Å². The Morgan fingerprint density at radius 3 is 1.57 bits per heavy atom. The zero-order valence-electron chi connectivity index (χ0n) is 51.0. The van der Waals surface area contributed by atoms with Crippen molar-refractivity contribution in [3.05, 3.63) is 239 Å². The van der Waals surface area contributed by atoms with Crippen molar-refractivity contribution in [2.24, 2.45) is 10.7 Å². The predicted octanol–water partition coefficient (Wildman–Crippen LogP) is 8.91. The quantitative estimate of drug-likeness (QED) is 0.00997. The maximum absolute atomic E-state index is 15.6. The molecule has 1 aliphatic rings. The molecule has 0 saturated carbocycles. The Kier molecular flexibility index (Phi) is 25.6. The number of ether oxygens (including phenoxy) is 5. The summed E-state index contributed by atoms with van der Waals surface area (Å²) in [7, 11) is 0. The molecule has 0 radical (unpaired) electrons. The first kappa shape index (κ1) is 66.9. The number of anilines is 1. The maximum Gasteiger partial charge on any atom is 0.437 e. The number of carbonyl (C=O) groups excluding carboxylic acids is 8. The number of fused-ring (bicyclic) bond motifs is 1. The van der Waals surface area contributed by atoms with E-state index >= 15 is 9.59 Å². The van der Waals surface area contributed by atoms with Crippen LogP contribution < -0.4 is 47.3 Å². The third-order valence-corrected chi connectivity index (χ3v) is 14.8. The van der Waals surface area contributed by atoms with Gasteiger partial charge < -0.3 is 56.0 Å². The van der Waals surface area contributed by atoms with Crippen molar-refractivity contribution in [1.82, 2.24) is 31.9 Å². The van der Waals surface area contributed by atoms with Gasteiger partial charge in [0, 0.05) is 32.0 Å². The summed E-state index contributed by atoms with van der Waals surface area (Å²) in [6, 6.07) is 52.5. The van der Waals surface area contributed by atoms with Crippen molar-refractivity contribution in [2.75, 3.05) is 18.0 Å². The van der Waals surface area contributed by atoms with Crippen LogP contribution in [0.5, 0.6) is 5.75 Å². The van der Waals surface area contributed by atoms with E-state index < -0.39 is 72.2 Å². The summed E-state index contributed by atoms with van der Waals surface area (Å²) in [5.41, 5.74) is 12.0. The summed E-state index contributed by atoms with van der Waals surface area (Å²) in [6.07, 6.45) is -3.08. The number of rotatable bonds is 29. The van der Waals surface area contributed by atoms with Gasteiger partial charge in [0.25, 0.3) is 5.91 Å². The Hall–Kier alpha value is -11.0. The zero-order valence-corrected chi connectivity index (χ0v) is 51.0. The van der Waals surface area contributed by atoms with E-state index in [4.69, 9.17) is 29.4 Å². The minimum absolute atomic E-state index is 0.0104. The van der Waals surface area contributed by atoms with Gasteiger partial charge in [-0.25, -0.2) is 19.2 Å². The van der Waals surface area contributed by atoms with E-state index in [0.717, 1.165) is 11.1 Å². The summed E-state index contributed by atoms with van der Waals surface area (Å²) < 4.78 is 28.1. The Morgan fingerprint density at radius 1 is 0.533 bits per heavy atom. The Morgan fingerprint density at radius 2 is 1.02 bits per heavy atom. The van der Waals surface area contributed by atoms with Crippen molar-refractivity contribution in [1.29, 1.82) is 0 Å². The van der Waals surface area contributed by atoms with Gasteiger partial charge in [-0.05, 0) is 89.6 Å². The number of primary amides is 1. The van der Waals surface area contributed by atoms with E-state index in [-0.39, 0.29) is 90.6 Å². The van der Waals surface area contributed by atoms with E-state index in [1.165, 1.54) is 4.90 Å². The minimum Gasteiger partial charge on any atom is -0.489 e. The molecule has 22 nitrogen and oxygen atoms in total. The van der Waals surface area contributed by atoms with Crippen LogP contribution in [0.2, 0.25) is 0 Å². The molecule has 0 aliphatic carbocycles. The first-order valence-corrected chi connectivity index (χ1v) is 30.2. The number of nitrogens with two attached hydrogens (primary N) is 1. The van der Waals surface area contributed by atoms with E-state index in [9.17, 15) is 28.8 Å². The van der Waals surface area contributed by atoms with Gasteiger partial charge in [0.15, 0.2) is 0 Å². The second kappa shape index (κ2) is 35.2. The van der Waals surface area contributed by atoms with Crippen LogP contribution in [0.15, 0.2) is 199 Å². The zero-order chi connectivity index (χ0) is 64.9. The van der Waals surface area contributed by atoms with Crippen LogP contribution in [0.3, 0.4) is 0 Å². The van der Waals surface area contributed by atoms with E-state index in [2.05, 4.69) is 36.9 Å². The molecule has 0 fully saturated rings. The Balaban J connectivity index is 1.05. The lowest BCUT2D eigenvalue weighted by atomic mass is 9.90. The summed E-state index contributed by atoms with van der Waals surface area (Å²) in [5, 5.41) is 16.5. The van der Waals surface area contributed by atoms with Crippen LogP contribution in [0, 0.1) is 6.92 Å². The lowest BCUT2D eigenvalue weighted by Crippen LogP contribution is -2.62. The topological polar surface area (TPSA) is 297 Å². The summed E-state index contributed by atoms with van der Waals surface area (Å²) >= 11 is 0. The molecule has 0 spiro atoms. The number of aryl methyl sites for hydroxylation is 1. The third kappa shape index (κ3) is 21.6. The number of guanidine groups is 1. The summed E-state index contributed by atoms with van der Waals surface area (Å²) in [6.45, 7) is 1.78. The van der Waals surface area contributed by atoms with E-state index in [0.29, 0.717) is 51.2 Å². The first-order chi connectivity index (χ1) is 44.7. The fourth-order valence-electron chi connectivity index (χ4n) is 10.00. The minimum atomic E-state index is -1.38. The van der Waals surface area contributed by atoms with Crippen LogP contribution >= 0.6 is 0 Å². The number of hydrogen-bond acceptors (Lipinski definition) is 13. The molecule has 4 atom stereocenters. The average Bonchev–Trinajstić information content (AvgIpc) is 0.772. The van der Waals surface area contributed by atoms with Crippen molar-refractivity contribution >= 4 is 59.6 Å². The average molecular weight is 1250 g/mol. The van der Waals surface area contributed by atoms with Crippen LogP contribution in [-0.2, 0) is 84.0 Å². The molecular formula is C70H75N9O13. The maximum atomic E-state index is 15.6. The number of benzene rings is 7. The molecule has 8 rings (SSSR count). The number of amides is 8. The third-order valence-electron chi connectivity index (χ3n) is 14.8. The van der Waals surface area contributed by atoms with Crippen LogP contribution in [0.4, 0.5) is 24.9 Å². The SMILES string of the molecule is Cc1cc(OCc2ccccc2)cc2c1C[C@H](NC(=O)C(CCCN/C(=N\C(=O)OCc1ccccc1)NC(=O)OCc1ccccc1)NC(=O)OCc1ccccc1)C(=O)N2[C@@H](CCCCNC(=O)OCc1ccccc1)C(=O)N[C@@H](Cc1ccccc1)C(N)=O. The number of carbonyl (C=O) groups is 8. The van der Waals surface area contributed by atoms with Crippen molar-refractivity contribution < 1.29 is 62.0 Å². The van der Waals surface area contributed by atoms with Crippen LogP contribution in [0.25, 0.3) is 0 Å². The normalized spacial score (nSPS) is 13.5. The number of nitrogens with zero attached hydrogens (tertiary/aromatic N) is 2. The smallest absolute Gasteiger partial charge is 0.437 e. The number of unbranched alkanes of at least 4 members (excludes halogenated alkanes) is 1. The standard InChI is InChI=1S/C70H75N9O13/c1-48-39-55(88-43-50-25-10-3-11-26-50)41-61-56(48)42-59(65(83)79(61)60(64(82)74-58(62(71)80)40-49-23-8-2-9-24-49)36-20-21-37-73-67(84)89-44-51-27-12-4-13-28-51)75-63(81)57(76-68(85)90-45-52-29-14-5-15-30-52)35-22-38-72-66(77-69(86)91-46-53-31-16-6-17-32-53)78-70(87)92-47-54-33-18-7-19-34-54/h2-19,23-34,39,41,57-60H,20-22,35-38,40,42-47H2,1H3,(H2,71,80)(H,73,84)(H,74,82)(H,75,81)(H,76,85)(H2,72,77,78,86,87)/t57?,58-,59-,60-/m0/s1. The van der Waals surface area contributed by atoms with Gasteiger partial charge in [0.1, 0.15) is 63.0 Å². The lowest BCUT2D eigenvalue weighted by molar-refractivity contribution is -0.132. The molecule has 0 bridgehead atoms. The molecule has 1 aliphatic heterocycles. The molecule has 1 unspecified atom stereocenters. The van der Waals surface area contributed by atoms with Gasteiger partial charge in [-0.3, -0.25) is 29.4 Å². The molecule has 92 heavy (non-hydrogen) atoms. The Bertz CT molecular complexity index is 3590. The molecule has 22 heteroatoms. The van der Waals surface area contributed by atoms with Gasteiger partial charge >= 0.3 is 24.4 Å². The van der Waals surface area contributed by atoms with Crippen LogP contribution in [-0.4, -0.2) is 91.2 Å². The van der Waals surface area contributed by atoms with Crippen molar-refractivity contribution in [3.8, 4) is 5.75 Å². The molecule has 8 N–H and O–H groups in total. The summed E-state index contributed by atoms with van der Waals surface area (Å²) in [4.78, 5) is 117. The molecule has 0 saturated heterocycles. The van der Waals surface area contributed by atoms with Gasteiger partial charge in [0.2, 0.25) is 23.7 Å². The summed E-state index contributed by atoms with van der Waals surface area (Å²) in [5.74, 6) is -2.99.